The van der Waals surface area contributed by atoms with Crippen molar-refractivity contribution < 1.29 is 29.6 Å². The number of benzene rings is 1. The van der Waals surface area contributed by atoms with Crippen molar-refractivity contribution in [1.82, 2.24) is 24.8 Å². The van der Waals surface area contributed by atoms with E-state index in [1.807, 2.05) is 0 Å². The summed E-state index contributed by atoms with van der Waals surface area (Å²) in [5.74, 6) is 0.249. The van der Waals surface area contributed by atoms with Gasteiger partial charge < -0.3 is 35.4 Å². The van der Waals surface area contributed by atoms with Gasteiger partial charge in [-0.3, -0.25) is 9.36 Å². The van der Waals surface area contributed by atoms with Gasteiger partial charge in [0.25, 0.3) is 0 Å². The number of nitrogens with zero attached hydrogens (tertiary/aromatic N) is 4. The first-order chi connectivity index (χ1) is 17.4. The van der Waals surface area contributed by atoms with Crippen molar-refractivity contribution in [3.05, 3.63) is 46.5 Å². The number of aliphatic hydroxyl groups is 3. The Morgan fingerprint density at radius 3 is 2.58 bits per heavy atom. The van der Waals surface area contributed by atoms with Crippen LogP contribution >= 0.6 is 23.2 Å². The quantitative estimate of drug-likeness (QED) is 0.216. The molecule has 1 saturated heterocycles. The molecule has 1 amide bonds. The van der Waals surface area contributed by atoms with Crippen molar-refractivity contribution in [1.29, 1.82) is 0 Å². The summed E-state index contributed by atoms with van der Waals surface area (Å²) in [4.78, 5) is 24.8. The van der Waals surface area contributed by atoms with Gasteiger partial charge in [0.15, 0.2) is 23.2 Å². The van der Waals surface area contributed by atoms with Crippen molar-refractivity contribution >= 4 is 46.1 Å². The van der Waals surface area contributed by atoms with Crippen molar-refractivity contribution in [3.63, 3.8) is 0 Å². The van der Waals surface area contributed by atoms with Gasteiger partial charge in [0.05, 0.1) is 32.6 Å². The molecule has 1 aliphatic heterocycles. The number of anilines is 1. The lowest BCUT2D eigenvalue weighted by molar-refractivity contribution is -0.120. The molecule has 0 spiro atoms. The van der Waals surface area contributed by atoms with E-state index in [4.69, 9.17) is 32.7 Å². The molecule has 4 atom stereocenters. The number of carbonyl (C=O) groups excluding carboxylic acids is 1. The molecule has 0 unspecified atom stereocenters. The number of hydrogen-bond acceptors (Lipinski definition) is 10. The molecule has 14 heteroatoms. The van der Waals surface area contributed by atoms with Crippen molar-refractivity contribution in [2.75, 3.05) is 38.2 Å². The molecule has 194 valence electrons. The molecule has 3 heterocycles. The van der Waals surface area contributed by atoms with Crippen LogP contribution < -0.4 is 10.6 Å². The highest BCUT2D eigenvalue weighted by molar-refractivity contribution is 6.36. The van der Waals surface area contributed by atoms with Crippen LogP contribution in [0.5, 0.6) is 0 Å². The summed E-state index contributed by atoms with van der Waals surface area (Å²) in [5.41, 5.74) is 1.42. The monoisotopic (exact) mass is 540 g/mol. The molecular weight excluding hydrogens is 515 g/mol. The Morgan fingerprint density at radius 1 is 1.11 bits per heavy atom. The lowest BCUT2D eigenvalue weighted by Crippen LogP contribution is -2.33. The summed E-state index contributed by atoms with van der Waals surface area (Å²) in [5, 5.41) is 36.4. The normalized spacial score (nSPS) is 21.7. The van der Waals surface area contributed by atoms with Crippen LogP contribution in [0.1, 0.15) is 11.8 Å². The first kappa shape index (κ1) is 26.5. The number of aromatic nitrogens is 4. The third-order valence-electron chi connectivity index (χ3n) is 5.66. The van der Waals surface area contributed by atoms with E-state index in [0.717, 1.165) is 0 Å². The molecule has 2 aromatic heterocycles. The number of ether oxygens (including phenoxy) is 2. The fraction of sp³-hybridized carbons (Fsp3) is 0.455. The van der Waals surface area contributed by atoms with Crippen LogP contribution in [0, 0.1) is 0 Å². The minimum Gasteiger partial charge on any atom is -0.394 e. The van der Waals surface area contributed by atoms with Crippen LogP contribution in [-0.2, 0) is 20.7 Å². The molecule has 1 aromatic carbocycles. The Balaban J connectivity index is 1.22. The Morgan fingerprint density at radius 2 is 1.86 bits per heavy atom. The van der Waals surface area contributed by atoms with E-state index in [0.29, 0.717) is 58.9 Å². The SMILES string of the molecule is O=C(Cc1c(Cl)cccc1Cl)NCCOCCNc1ncnc2c1ncn2[C@@H]1O[C@H](CO)[C@@H](O)[C@H]1O. The maximum absolute atomic E-state index is 12.1. The number of fused-ring (bicyclic) bond motifs is 1. The minimum absolute atomic E-state index is 0.0823. The highest BCUT2D eigenvalue weighted by Crippen LogP contribution is 2.32. The molecular formula is C22H26Cl2N6O6. The predicted molar refractivity (Wildman–Crippen MR) is 131 cm³/mol. The number of aliphatic hydroxyl groups excluding tert-OH is 3. The maximum atomic E-state index is 12.1. The first-order valence-corrected chi connectivity index (χ1v) is 12.0. The fourth-order valence-electron chi connectivity index (χ4n) is 3.81. The summed E-state index contributed by atoms with van der Waals surface area (Å²) >= 11 is 12.2. The third-order valence-corrected chi connectivity index (χ3v) is 6.36. The van der Waals surface area contributed by atoms with Gasteiger partial charge in [0.2, 0.25) is 5.91 Å². The van der Waals surface area contributed by atoms with Gasteiger partial charge >= 0.3 is 0 Å². The smallest absolute Gasteiger partial charge is 0.224 e. The fourth-order valence-corrected chi connectivity index (χ4v) is 4.34. The Hall–Kier alpha value is -2.58. The average Bonchev–Trinajstić information content (AvgIpc) is 3.42. The van der Waals surface area contributed by atoms with Gasteiger partial charge in [0, 0.05) is 23.1 Å². The lowest BCUT2D eigenvalue weighted by atomic mass is 10.1. The van der Waals surface area contributed by atoms with E-state index in [1.165, 1.54) is 17.2 Å². The van der Waals surface area contributed by atoms with E-state index in [2.05, 4.69) is 25.6 Å². The molecule has 1 fully saturated rings. The van der Waals surface area contributed by atoms with E-state index in [-0.39, 0.29) is 12.3 Å². The second-order valence-electron chi connectivity index (χ2n) is 8.04. The zero-order chi connectivity index (χ0) is 25.7. The second-order valence-corrected chi connectivity index (χ2v) is 8.86. The van der Waals surface area contributed by atoms with E-state index < -0.39 is 31.1 Å². The zero-order valence-corrected chi connectivity index (χ0v) is 20.6. The van der Waals surface area contributed by atoms with Crippen molar-refractivity contribution in [2.45, 2.75) is 31.0 Å². The average molecular weight is 541 g/mol. The van der Waals surface area contributed by atoms with Crippen LogP contribution in [0.2, 0.25) is 10.0 Å². The highest BCUT2D eigenvalue weighted by atomic mass is 35.5. The van der Waals surface area contributed by atoms with Gasteiger partial charge in [-0.1, -0.05) is 29.3 Å². The topological polar surface area (TPSA) is 164 Å². The molecule has 36 heavy (non-hydrogen) atoms. The van der Waals surface area contributed by atoms with Gasteiger partial charge in [-0.05, 0) is 17.7 Å². The predicted octanol–water partition coefficient (Wildman–Crippen LogP) is 0.532. The number of amides is 1. The zero-order valence-electron chi connectivity index (χ0n) is 19.0. The number of nitrogens with one attached hydrogen (secondary N) is 2. The molecule has 1 aliphatic rings. The lowest BCUT2D eigenvalue weighted by Gasteiger charge is -2.16. The van der Waals surface area contributed by atoms with Crippen LogP contribution in [0.4, 0.5) is 5.82 Å². The number of carbonyl (C=O) groups is 1. The van der Waals surface area contributed by atoms with Crippen molar-refractivity contribution in [3.8, 4) is 0 Å². The Bertz CT molecular complexity index is 1180. The molecule has 0 radical (unpaired) electrons. The molecule has 12 nitrogen and oxygen atoms in total. The standard InChI is InChI=1S/C22H26Cl2N6O6/c23-13-2-1-3-14(24)12(13)8-16(32)25-4-6-35-7-5-26-20-17-21(28-10-27-20)30(11-29-17)22-19(34)18(33)15(9-31)36-22/h1-3,10-11,15,18-19,22,31,33-34H,4-9H2,(H,25,32)(H,26,27,28)/t15-,18-,19-,22-/m1/s1. The summed E-state index contributed by atoms with van der Waals surface area (Å²) in [6, 6.07) is 5.09. The van der Waals surface area contributed by atoms with Crippen LogP contribution in [0.15, 0.2) is 30.9 Å². The van der Waals surface area contributed by atoms with E-state index >= 15 is 0 Å². The first-order valence-electron chi connectivity index (χ1n) is 11.2. The molecule has 5 N–H and O–H groups in total. The highest BCUT2D eigenvalue weighted by Gasteiger charge is 2.44. The Labute approximate surface area is 216 Å². The number of rotatable bonds is 11. The van der Waals surface area contributed by atoms with Gasteiger partial charge in [-0.2, -0.15) is 0 Å². The number of hydrogen-bond donors (Lipinski definition) is 5. The third kappa shape index (κ3) is 5.86. The summed E-state index contributed by atoms with van der Waals surface area (Å²) < 4.78 is 12.6. The number of halogens is 2. The summed E-state index contributed by atoms with van der Waals surface area (Å²) in [7, 11) is 0. The van der Waals surface area contributed by atoms with Crippen LogP contribution in [0.3, 0.4) is 0 Å². The van der Waals surface area contributed by atoms with Gasteiger partial charge in [-0.25, -0.2) is 15.0 Å². The summed E-state index contributed by atoms with van der Waals surface area (Å²) in [6.45, 7) is 0.960. The van der Waals surface area contributed by atoms with Gasteiger partial charge in [-0.15, -0.1) is 0 Å². The van der Waals surface area contributed by atoms with E-state index in [9.17, 15) is 20.1 Å². The summed E-state index contributed by atoms with van der Waals surface area (Å²) in [6.07, 6.45) is -1.48. The molecule has 0 saturated carbocycles. The van der Waals surface area contributed by atoms with Crippen LogP contribution in [-0.4, -0.2) is 92.0 Å². The molecule has 3 aromatic rings. The molecule has 4 rings (SSSR count). The number of imidazole rings is 1. The molecule has 0 bridgehead atoms. The van der Waals surface area contributed by atoms with Crippen molar-refractivity contribution in [2.24, 2.45) is 0 Å². The van der Waals surface area contributed by atoms with Crippen LogP contribution in [0.25, 0.3) is 11.2 Å². The van der Waals surface area contributed by atoms with Gasteiger partial charge in [0.1, 0.15) is 24.6 Å². The Kier molecular flexibility index (Phi) is 8.90. The minimum atomic E-state index is -1.25. The maximum Gasteiger partial charge on any atom is 0.224 e. The largest absolute Gasteiger partial charge is 0.394 e. The molecule has 0 aliphatic carbocycles. The second kappa shape index (κ2) is 12.1. The van der Waals surface area contributed by atoms with E-state index in [1.54, 1.807) is 18.2 Å².